The van der Waals surface area contributed by atoms with Gasteiger partial charge in [-0.15, -0.1) is 0 Å². The van der Waals surface area contributed by atoms with E-state index in [0.29, 0.717) is 5.82 Å². The minimum atomic E-state index is -0.190. The lowest BCUT2D eigenvalue weighted by Crippen LogP contribution is -2.39. The average Bonchev–Trinajstić information content (AvgIpc) is 3.00. The summed E-state index contributed by atoms with van der Waals surface area (Å²) in [6.45, 7) is 0.770. The molecule has 0 bridgehead atoms. The van der Waals surface area contributed by atoms with Gasteiger partial charge in [-0.1, -0.05) is 12.1 Å². The second-order valence-corrected chi connectivity index (χ2v) is 6.30. The molecule has 1 atom stereocenters. The second-order valence-electron chi connectivity index (χ2n) is 6.30. The predicted octanol–water partition coefficient (Wildman–Crippen LogP) is 2.36. The van der Waals surface area contributed by atoms with Crippen LogP contribution in [0.15, 0.2) is 48.8 Å². The van der Waals surface area contributed by atoms with Gasteiger partial charge in [0.05, 0.1) is 5.52 Å². The molecule has 0 spiro atoms. The number of rotatable bonds is 3. The van der Waals surface area contributed by atoms with Crippen LogP contribution in [0.2, 0.25) is 0 Å². The van der Waals surface area contributed by atoms with Crippen molar-refractivity contribution in [3.8, 4) is 11.4 Å². The van der Waals surface area contributed by atoms with Gasteiger partial charge < -0.3 is 9.80 Å². The lowest BCUT2D eigenvalue weighted by atomic mass is 10.1. The van der Waals surface area contributed by atoms with Crippen molar-refractivity contribution in [1.29, 1.82) is 0 Å². The van der Waals surface area contributed by atoms with Gasteiger partial charge in [-0.3, -0.25) is 9.78 Å². The van der Waals surface area contributed by atoms with Gasteiger partial charge in [0.2, 0.25) is 5.91 Å². The molecule has 1 saturated heterocycles. The molecule has 0 saturated carbocycles. The van der Waals surface area contributed by atoms with E-state index in [2.05, 4.69) is 9.97 Å². The molecule has 1 aliphatic heterocycles. The number of amides is 1. The summed E-state index contributed by atoms with van der Waals surface area (Å²) in [5, 5.41) is 0.944. The summed E-state index contributed by atoms with van der Waals surface area (Å²) in [4.78, 5) is 29.8. The quantitative estimate of drug-likeness (QED) is 0.736. The molecule has 126 valence electrons. The summed E-state index contributed by atoms with van der Waals surface area (Å²) in [6.07, 6.45) is 4.28. The Balaban J connectivity index is 1.86. The van der Waals surface area contributed by atoms with Crippen molar-refractivity contribution in [2.75, 3.05) is 25.5 Å². The van der Waals surface area contributed by atoms with E-state index in [4.69, 9.17) is 4.98 Å². The third-order valence-electron chi connectivity index (χ3n) is 4.70. The van der Waals surface area contributed by atoms with Gasteiger partial charge in [-0.2, -0.15) is 0 Å². The van der Waals surface area contributed by atoms with E-state index in [9.17, 15) is 4.79 Å². The van der Waals surface area contributed by atoms with Crippen molar-refractivity contribution in [1.82, 2.24) is 19.9 Å². The van der Waals surface area contributed by atoms with Crippen LogP contribution >= 0.6 is 0 Å². The van der Waals surface area contributed by atoms with Crippen molar-refractivity contribution >= 4 is 22.6 Å². The SMILES string of the molecule is CN1CCC(N(C)c2nc(-c3cccnc3)nc3ccccc23)C1=O. The summed E-state index contributed by atoms with van der Waals surface area (Å²) in [5.41, 5.74) is 1.72. The minimum Gasteiger partial charge on any atom is -0.347 e. The molecule has 6 heteroatoms. The van der Waals surface area contributed by atoms with Gasteiger partial charge >= 0.3 is 0 Å². The highest BCUT2D eigenvalue weighted by Crippen LogP contribution is 2.29. The van der Waals surface area contributed by atoms with Crippen LogP contribution in [0.1, 0.15) is 6.42 Å². The Hall–Kier alpha value is -3.02. The maximum absolute atomic E-state index is 12.4. The number of carbonyl (C=O) groups is 1. The van der Waals surface area contributed by atoms with Crippen LogP contribution < -0.4 is 4.90 Å². The lowest BCUT2D eigenvalue weighted by Gasteiger charge is -2.25. The van der Waals surface area contributed by atoms with Crippen LogP contribution in [0.25, 0.3) is 22.3 Å². The fourth-order valence-electron chi connectivity index (χ4n) is 3.26. The molecular formula is C19H19N5O. The fourth-order valence-corrected chi connectivity index (χ4v) is 3.26. The molecule has 1 amide bonds. The Morgan fingerprint density at radius 2 is 2.00 bits per heavy atom. The van der Waals surface area contributed by atoms with Gasteiger partial charge in [0.15, 0.2) is 5.82 Å². The number of carbonyl (C=O) groups excluding carboxylic acids is 1. The molecule has 1 aromatic carbocycles. The molecular weight excluding hydrogens is 314 g/mol. The van der Waals surface area contributed by atoms with Crippen molar-refractivity contribution < 1.29 is 4.79 Å². The van der Waals surface area contributed by atoms with Crippen LogP contribution in [0.4, 0.5) is 5.82 Å². The third-order valence-corrected chi connectivity index (χ3v) is 4.70. The van der Waals surface area contributed by atoms with Crippen molar-refractivity contribution in [2.24, 2.45) is 0 Å². The van der Waals surface area contributed by atoms with Gasteiger partial charge in [0.1, 0.15) is 11.9 Å². The van der Waals surface area contributed by atoms with E-state index in [1.54, 1.807) is 17.3 Å². The summed E-state index contributed by atoms with van der Waals surface area (Å²) < 4.78 is 0. The maximum Gasteiger partial charge on any atom is 0.245 e. The van der Waals surface area contributed by atoms with E-state index in [1.807, 2.05) is 55.4 Å². The highest BCUT2D eigenvalue weighted by atomic mass is 16.2. The summed E-state index contributed by atoms with van der Waals surface area (Å²) >= 11 is 0. The summed E-state index contributed by atoms with van der Waals surface area (Å²) in [7, 11) is 3.78. The fraction of sp³-hybridized carbons (Fsp3) is 0.263. The molecule has 2 aromatic heterocycles. The molecule has 1 aliphatic rings. The van der Waals surface area contributed by atoms with Gasteiger partial charge in [-0.25, -0.2) is 9.97 Å². The van der Waals surface area contributed by atoms with Gasteiger partial charge in [0.25, 0.3) is 0 Å². The number of nitrogens with zero attached hydrogens (tertiary/aromatic N) is 5. The van der Waals surface area contributed by atoms with Crippen LogP contribution in [0.5, 0.6) is 0 Å². The monoisotopic (exact) mass is 333 g/mol. The predicted molar refractivity (Wildman–Crippen MR) is 97.2 cm³/mol. The molecule has 25 heavy (non-hydrogen) atoms. The smallest absolute Gasteiger partial charge is 0.245 e. The summed E-state index contributed by atoms with van der Waals surface area (Å²) in [6, 6.07) is 11.5. The Bertz CT molecular complexity index is 928. The standard InChI is InChI=1S/C19H19N5O/c1-23-11-9-16(19(23)25)24(2)18-14-7-3-4-8-15(14)21-17(22-18)13-6-5-10-20-12-13/h3-8,10,12,16H,9,11H2,1-2H3. The minimum absolute atomic E-state index is 0.133. The van der Waals surface area contributed by atoms with Crippen molar-refractivity contribution in [2.45, 2.75) is 12.5 Å². The molecule has 0 radical (unpaired) electrons. The second kappa shape index (κ2) is 6.12. The zero-order chi connectivity index (χ0) is 17.4. The van der Waals surface area contributed by atoms with Crippen LogP contribution in [0.3, 0.4) is 0 Å². The zero-order valence-corrected chi connectivity index (χ0v) is 14.3. The third kappa shape index (κ3) is 2.69. The largest absolute Gasteiger partial charge is 0.347 e. The Morgan fingerprint density at radius 1 is 1.16 bits per heavy atom. The number of pyridine rings is 1. The maximum atomic E-state index is 12.4. The van der Waals surface area contributed by atoms with Crippen LogP contribution in [0, 0.1) is 0 Å². The first-order chi connectivity index (χ1) is 12.1. The van der Waals surface area contributed by atoms with Gasteiger partial charge in [0, 0.05) is 44.0 Å². The summed E-state index contributed by atoms with van der Waals surface area (Å²) in [5.74, 6) is 1.53. The molecule has 4 rings (SSSR count). The topological polar surface area (TPSA) is 62.2 Å². The Morgan fingerprint density at radius 3 is 2.72 bits per heavy atom. The molecule has 0 aliphatic carbocycles. The van der Waals surface area contributed by atoms with Crippen LogP contribution in [-0.4, -0.2) is 52.4 Å². The molecule has 3 heterocycles. The van der Waals surface area contributed by atoms with E-state index >= 15 is 0 Å². The normalized spacial score (nSPS) is 17.3. The Labute approximate surface area is 146 Å². The number of hydrogen-bond acceptors (Lipinski definition) is 5. The number of hydrogen-bond donors (Lipinski definition) is 0. The number of aromatic nitrogens is 3. The highest BCUT2D eigenvalue weighted by Gasteiger charge is 2.33. The van der Waals surface area contributed by atoms with Crippen molar-refractivity contribution in [3.05, 3.63) is 48.8 Å². The van der Waals surface area contributed by atoms with E-state index in [1.165, 1.54) is 0 Å². The molecule has 3 aromatic rings. The highest BCUT2D eigenvalue weighted by molar-refractivity contribution is 5.94. The Kier molecular flexibility index (Phi) is 3.80. The number of anilines is 1. The number of fused-ring (bicyclic) bond motifs is 1. The first kappa shape index (κ1) is 15.5. The first-order valence-electron chi connectivity index (χ1n) is 8.30. The van der Waals surface area contributed by atoms with Gasteiger partial charge in [-0.05, 0) is 30.7 Å². The number of benzene rings is 1. The molecule has 1 fully saturated rings. The van der Waals surface area contributed by atoms with Crippen molar-refractivity contribution in [3.63, 3.8) is 0 Å². The molecule has 1 unspecified atom stereocenters. The zero-order valence-electron chi connectivity index (χ0n) is 14.3. The molecule has 0 N–H and O–H groups in total. The number of likely N-dealkylation sites (tertiary alicyclic amines) is 1. The van der Waals surface area contributed by atoms with E-state index in [0.717, 1.165) is 35.2 Å². The number of para-hydroxylation sites is 1. The first-order valence-corrected chi connectivity index (χ1v) is 8.30. The average molecular weight is 333 g/mol. The van der Waals surface area contributed by atoms with E-state index < -0.39 is 0 Å². The number of likely N-dealkylation sites (N-methyl/N-ethyl adjacent to an activating group) is 2. The molecule has 6 nitrogen and oxygen atoms in total. The van der Waals surface area contributed by atoms with Crippen LogP contribution in [-0.2, 0) is 4.79 Å². The van der Waals surface area contributed by atoms with E-state index in [-0.39, 0.29) is 11.9 Å². The lowest BCUT2D eigenvalue weighted by molar-refractivity contribution is -0.127.